The monoisotopic (exact) mass is 322 g/mol. The molecule has 2 aromatic rings. The topological polar surface area (TPSA) is 49.8 Å². The summed E-state index contributed by atoms with van der Waals surface area (Å²) >= 11 is 12.2. The molecular weight excluding hydrogens is 307 g/mol. The fourth-order valence-electron chi connectivity index (χ4n) is 2.06. The van der Waals surface area contributed by atoms with Crippen LogP contribution in [-0.2, 0) is 0 Å². The van der Waals surface area contributed by atoms with Crippen LogP contribution in [0.25, 0.3) is 0 Å². The van der Waals surface area contributed by atoms with Crippen LogP contribution in [0.5, 0.6) is 0 Å². The number of hydrogen-bond donors (Lipinski definition) is 2. The van der Waals surface area contributed by atoms with Gasteiger partial charge in [-0.05, 0) is 38.0 Å². The van der Waals surface area contributed by atoms with E-state index >= 15 is 0 Å². The van der Waals surface area contributed by atoms with Gasteiger partial charge >= 0.3 is 0 Å². The lowest BCUT2D eigenvalue weighted by Crippen LogP contribution is -2.05. The zero-order valence-electron chi connectivity index (χ0n) is 11.7. The Balaban J connectivity index is 1.91. The Morgan fingerprint density at radius 1 is 1.14 bits per heavy atom. The zero-order chi connectivity index (χ0) is 14.8. The predicted octanol–water partition coefficient (Wildman–Crippen LogP) is 4.84. The minimum atomic E-state index is 0.485. The molecule has 3 rings (SSSR count). The molecule has 0 amide bonds. The third-order valence-corrected chi connectivity index (χ3v) is 3.80. The van der Waals surface area contributed by atoms with E-state index in [1.54, 1.807) is 18.2 Å². The number of aromatic nitrogens is 2. The lowest BCUT2D eigenvalue weighted by molar-refractivity contribution is 0.927. The zero-order valence-corrected chi connectivity index (χ0v) is 13.2. The lowest BCUT2D eigenvalue weighted by atomic mass is 10.3. The molecule has 1 heterocycles. The van der Waals surface area contributed by atoms with Gasteiger partial charge in [-0.25, -0.2) is 9.97 Å². The van der Waals surface area contributed by atoms with Gasteiger partial charge in [0.25, 0.3) is 0 Å². The van der Waals surface area contributed by atoms with Crippen molar-refractivity contribution >= 4 is 40.5 Å². The van der Waals surface area contributed by atoms with Crippen LogP contribution in [0.2, 0.25) is 10.0 Å². The summed E-state index contributed by atoms with van der Waals surface area (Å²) in [6, 6.07) is 7.19. The number of nitrogens with zero attached hydrogens (tertiary/aromatic N) is 2. The van der Waals surface area contributed by atoms with Crippen LogP contribution in [0.1, 0.15) is 31.5 Å². The molecule has 110 valence electrons. The predicted molar refractivity (Wildman–Crippen MR) is 87.9 cm³/mol. The second kappa shape index (κ2) is 6.08. The van der Waals surface area contributed by atoms with E-state index in [0.29, 0.717) is 16.0 Å². The second-order valence-electron chi connectivity index (χ2n) is 5.05. The normalized spacial score (nSPS) is 14.0. The number of benzene rings is 1. The van der Waals surface area contributed by atoms with Crippen molar-refractivity contribution in [1.29, 1.82) is 0 Å². The van der Waals surface area contributed by atoms with Crippen LogP contribution in [0.4, 0.5) is 17.3 Å². The van der Waals surface area contributed by atoms with Crippen LogP contribution in [0, 0.1) is 0 Å². The highest BCUT2D eigenvalue weighted by atomic mass is 35.5. The van der Waals surface area contributed by atoms with Gasteiger partial charge in [0, 0.05) is 23.6 Å². The Kier molecular flexibility index (Phi) is 4.17. The van der Waals surface area contributed by atoms with Crippen LogP contribution in [0.15, 0.2) is 24.3 Å². The minimum Gasteiger partial charge on any atom is -0.370 e. The lowest BCUT2D eigenvalue weighted by Gasteiger charge is -2.11. The Labute approximate surface area is 133 Å². The van der Waals surface area contributed by atoms with Gasteiger partial charge in [0.1, 0.15) is 17.5 Å². The first-order chi connectivity index (χ1) is 10.2. The van der Waals surface area contributed by atoms with Gasteiger partial charge in [0.05, 0.1) is 10.7 Å². The molecule has 1 saturated carbocycles. The highest BCUT2D eigenvalue weighted by Crippen LogP contribution is 2.39. The van der Waals surface area contributed by atoms with Crippen molar-refractivity contribution in [1.82, 2.24) is 9.97 Å². The molecule has 21 heavy (non-hydrogen) atoms. The molecule has 1 aromatic heterocycles. The van der Waals surface area contributed by atoms with Crippen molar-refractivity contribution in [2.45, 2.75) is 25.7 Å². The van der Waals surface area contributed by atoms with E-state index in [-0.39, 0.29) is 0 Å². The molecule has 0 saturated heterocycles. The number of halogens is 2. The molecule has 0 spiro atoms. The largest absolute Gasteiger partial charge is 0.370 e. The summed E-state index contributed by atoms with van der Waals surface area (Å²) in [7, 11) is 0. The summed E-state index contributed by atoms with van der Waals surface area (Å²) in [4.78, 5) is 9.13. The van der Waals surface area contributed by atoms with Gasteiger partial charge in [-0.15, -0.1) is 0 Å². The average Bonchev–Trinajstić information content (AvgIpc) is 3.28. The molecule has 0 atom stereocenters. The van der Waals surface area contributed by atoms with E-state index in [2.05, 4.69) is 20.6 Å². The summed E-state index contributed by atoms with van der Waals surface area (Å²) in [6.07, 6.45) is 2.32. The highest BCUT2D eigenvalue weighted by Gasteiger charge is 2.27. The van der Waals surface area contributed by atoms with Crippen molar-refractivity contribution < 1.29 is 0 Å². The van der Waals surface area contributed by atoms with E-state index < -0.39 is 0 Å². The molecule has 2 N–H and O–H groups in total. The van der Waals surface area contributed by atoms with E-state index in [9.17, 15) is 0 Å². The molecule has 6 heteroatoms. The van der Waals surface area contributed by atoms with Crippen LogP contribution in [0.3, 0.4) is 0 Å². The van der Waals surface area contributed by atoms with Crippen LogP contribution < -0.4 is 10.6 Å². The summed E-state index contributed by atoms with van der Waals surface area (Å²) < 4.78 is 0. The quantitative estimate of drug-likeness (QED) is 0.827. The third kappa shape index (κ3) is 3.57. The highest BCUT2D eigenvalue weighted by molar-refractivity contribution is 6.35. The average molecular weight is 323 g/mol. The second-order valence-corrected chi connectivity index (χ2v) is 5.89. The molecular formula is C15H16Cl2N4. The van der Waals surface area contributed by atoms with Crippen molar-refractivity contribution in [3.05, 3.63) is 40.1 Å². The van der Waals surface area contributed by atoms with Gasteiger partial charge in [0.15, 0.2) is 0 Å². The van der Waals surface area contributed by atoms with Gasteiger partial charge in [-0.3, -0.25) is 0 Å². The van der Waals surface area contributed by atoms with Crippen molar-refractivity contribution in [2.24, 2.45) is 0 Å². The molecule has 0 aliphatic heterocycles. The van der Waals surface area contributed by atoms with E-state index in [0.717, 1.165) is 42.5 Å². The molecule has 4 nitrogen and oxygen atoms in total. The summed E-state index contributed by atoms with van der Waals surface area (Å²) in [6.45, 7) is 2.86. The Morgan fingerprint density at radius 3 is 2.62 bits per heavy atom. The number of rotatable bonds is 5. The SMILES string of the molecule is CCNc1cc(Nc2cc(Cl)ccc2Cl)nc(C2CC2)n1. The summed E-state index contributed by atoms with van der Waals surface area (Å²) in [5.41, 5.74) is 0.743. The molecule has 0 bridgehead atoms. The third-order valence-electron chi connectivity index (χ3n) is 3.23. The van der Waals surface area contributed by atoms with Gasteiger partial charge in [0.2, 0.25) is 0 Å². The van der Waals surface area contributed by atoms with E-state index in [1.165, 1.54) is 0 Å². The smallest absolute Gasteiger partial charge is 0.136 e. The molecule has 1 aliphatic carbocycles. The maximum absolute atomic E-state index is 6.18. The maximum atomic E-state index is 6.18. The van der Waals surface area contributed by atoms with Gasteiger partial charge in [-0.2, -0.15) is 0 Å². The van der Waals surface area contributed by atoms with E-state index in [1.807, 2.05) is 13.0 Å². The van der Waals surface area contributed by atoms with Crippen molar-refractivity contribution in [3.8, 4) is 0 Å². The Hall–Kier alpha value is -1.52. The Bertz CT molecular complexity index is 656. The van der Waals surface area contributed by atoms with Crippen LogP contribution >= 0.6 is 23.2 Å². The maximum Gasteiger partial charge on any atom is 0.136 e. The van der Waals surface area contributed by atoms with E-state index in [4.69, 9.17) is 23.2 Å². The van der Waals surface area contributed by atoms with Gasteiger partial charge in [-0.1, -0.05) is 23.2 Å². The fraction of sp³-hybridized carbons (Fsp3) is 0.333. The fourth-order valence-corrected chi connectivity index (χ4v) is 2.39. The first-order valence-corrected chi connectivity index (χ1v) is 7.76. The first kappa shape index (κ1) is 14.4. The molecule has 1 fully saturated rings. The standard InChI is InChI=1S/C15H16Cl2N4/c1-2-18-13-8-14(21-15(20-13)9-3-4-9)19-12-7-10(16)5-6-11(12)17/h5-9H,2-4H2,1H3,(H2,18,19,20,21). The molecule has 0 unspecified atom stereocenters. The Morgan fingerprint density at radius 2 is 1.90 bits per heavy atom. The minimum absolute atomic E-state index is 0.485. The summed E-state index contributed by atoms with van der Waals surface area (Å²) in [5.74, 6) is 2.93. The first-order valence-electron chi connectivity index (χ1n) is 7.00. The number of hydrogen-bond acceptors (Lipinski definition) is 4. The summed E-state index contributed by atoms with van der Waals surface area (Å²) in [5, 5.41) is 7.70. The molecule has 0 radical (unpaired) electrons. The molecule has 1 aromatic carbocycles. The van der Waals surface area contributed by atoms with Crippen LogP contribution in [-0.4, -0.2) is 16.5 Å². The number of anilines is 3. The number of nitrogens with one attached hydrogen (secondary N) is 2. The van der Waals surface area contributed by atoms with Crippen molar-refractivity contribution in [3.63, 3.8) is 0 Å². The molecule has 1 aliphatic rings. The van der Waals surface area contributed by atoms with Gasteiger partial charge < -0.3 is 10.6 Å². The van der Waals surface area contributed by atoms with Crippen molar-refractivity contribution in [2.75, 3.05) is 17.2 Å².